The van der Waals surface area contributed by atoms with Crippen molar-refractivity contribution >= 4 is 11.7 Å². The lowest BCUT2D eigenvalue weighted by Gasteiger charge is -2.10. The van der Waals surface area contributed by atoms with Crippen LogP contribution >= 0.6 is 0 Å². The van der Waals surface area contributed by atoms with E-state index in [2.05, 4.69) is 10.1 Å². The minimum atomic E-state index is -0.482. The zero-order valence-electron chi connectivity index (χ0n) is 11.7. The van der Waals surface area contributed by atoms with Gasteiger partial charge in [-0.1, -0.05) is 6.07 Å². The first-order valence-electron chi connectivity index (χ1n) is 6.19. The summed E-state index contributed by atoms with van der Waals surface area (Å²) in [4.78, 5) is 11.3. The van der Waals surface area contributed by atoms with Gasteiger partial charge in [-0.2, -0.15) is 0 Å². The maximum absolute atomic E-state index is 11.3. The largest absolute Gasteiger partial charge is 0.495 e. The van der Waals surface area contributed by atoms with Crippen LogP contribution in [0.4, 0.5) is 5.69 Å². The molecule has 1 heterocycles. The molecule has 1 N–H and O–H groups in total. The Morgan fingerprint density at radius 3 is 2.75 bits per heavy atom. The van der Waals surface area contributed by atoms with E-state index in [0.29, 0.717) is 12.3 Å². The summed E-state index contributed by atoms with van der Waals surface area (Å²) in [6, 6.07) is 9.20. The topological polar surface area (TPSA) is 60.7 Å². The maximum atomic E-state index is 11.3. The van der Waals surface area contributed by atoms with Crippen LogP contribution < -0.4 is 10.1 Å². The van der Waals surface area contributed by atoms with Gasteiger partial charge in [0.05, 0.1) is 26.5 Å². The Balaban J connectivity index is 2.07. The molecule has 0 aliphatic rings. The van der Waals surface area contributed by atoms with Crippen LogP contribution in [0.3, 0.4) is 0 Å². The number of rotatable bonds is 5. The predicted molar refractivity (Wildman–Crippen MR) is 75.1 cm³/mol. The highest BCUT2D eigenvalue weighted by Crippen LogP contribution is 2.25. The molecule has 0 aliphatic carbocycles. The van der Waals surface area contributed by atoms with Crippen LogP contribution in [0.2, 0.25) is 0 Å². The van der Waals surface area contributed by atoms with Crippen molar-refractivity contribution in [1.29, 1.82) is 0 Å². The van der Waals surface area contributed by atoms with E-state index in [1.807, 2.05) is 25.1 Å². The standard InChI is InChI=1S/C15H17NO4/c1-10-4-6-13(18-2)12(8-10)16-9-11-5-7-14(20-11)15(17)19-3/h4-8,16H,9H2,1-3H3. The maximum Gasteiger partial charge on any atom is 0.373 e. The highest BCUT2D eigenvalue weighted by Gasteiger charge is 2.11. The van der Waals surface area contributed by atoms with Gasteiger partial charge in [0.25, 0.3) is 0 Å². The Labute approximate surface area is 117 Å². The highest BCUT2D eigenvalue weighted by atomic mass is 16.5. The summed E-state index contributed by atoms with van der Waals surface area (Å²) in [5.41, 5.74) is 2.01. The smallest absolute Gasteiger partial charge is 0.373 e. The molecule has 0 amide bonds. The molecule has 0 saturated heterocycles. The molecule has 1 aromatic carbocycles. The minimum absolute atomic E-state index is 0.195. The van der Waals surface area contributed by atoms with Crippen molar-refractivity contribution in [2.45, 2.75) is 13.5 Å². The predicted octanol–water partition coefficient (Wildman–Crippen LogP) is 3.00. The average Bonchev–Trinajstić information content (AvgIpc) is 2.93. The number of benzene rings is 1. The van der Waals surface area contributed by atoms with Gasteiger partial charge in [-0.15, -0.1) is 0 Å². The molecule has 0 radical (unpaired) electrons. The second-order valence-electron chi connectivity index (χ2n) is 4.31. The van der Waals surface area contributed by atoms with Crippen molar-refractivity contribution < 1.29 is 18.7 Å². The van der Waals surface area contributed by atoms with E-state index < -0.39 is 5.97 Å². The Kier molecular flexibility index (Phi) is 4.30. The average molecular weight is 275 g/mol. The molecule has 20 heavy (non-hydrogen) atoms. The number of carbonyl (C=O) groups excluding carboxylic acids is 1. The normalized spacial score (nSPS) is 10.2. The van der Waals surface area contributed by atoms with Crippen molar-refractivity contribution in [1.82, 2.24) is 0 Å². The summed E-state index contributed by atoms with van der Waals surface area (Å²) in [7, 11) is 2.94. The Morgan fingerprint density at radius 1 is 1.25 bits per heavy atom. The van der Waals surface area contributed by atoms with Gasteiger partial charge in [-0.3, -0.25) is 0 Å². The Bertz CT molecular complexity index is 604. The third-order valence-electron chi connectivity index (χ3n) is 2.86. The summed E-state index contributed by atoms with van der Waals surface area (Å²) in [6.07, 6.45) is 0. The number of anilines is 1. The summed E-state index contributed by atoms with van der Waals surface area (Å²) < 4.78 is 15.3. The first kappa shape index (κ1) is 14.0. The first-order chi connectivity index (χ1) is 9.63. The van der Waals surface area contributed by atoms with Gasteiger partial charge in [0.15, 0.2) is 0 Å². The molecule has 0 aliphatic heterocycles. The second-order valence-corrected chi connectivity index (χ2v) is 4.31. The van der Waals surface area contributed by atoms with Crippen molar-refractivity contribution in [2.75, 3.05) is 19.5 Å². The number of aryl methyl sites for hydroxylation is 1. The molecule has 106 valence electrons. The lowest BCUT2D eigenvalue weighted by atomic mass is 10.2. The number of ether oxygens (including phenoxy) is 2. The number of hydrogen-bond donors (Lipinski definition) is 1. The van der Waals surface area contributed by atoms with Gasteiger partial charge in [0.2, 0.25) is 5.76 Å². The molecule has 0 fully saturated rings. The van der Waals surface area contributed by atoms with Crippen LogP contribution in [-0.4, -0.2) is 20.2 Å². The third kappa shape index (κ3) is 3.12. The lowest BCUT2D eigenvalue weighted by molar-refractivity contribution is 0.0563. The fourth-order valence-electron chi connectivity index (χ4n) is 1.83. The molecule has 0 spiro atoms. The molecule has 5 nitrogen and oxygen atoms in total. The number of esters is 1. The number of hydrogen-bond acceptors (Lipinski definition) is 5. The minimum Gasteiger partial charge on any atom is -0.495 e. The molecule has 2 aromatic rings. The van der Waals surface area contributed by atoms with Crippen molar-refractivity contribution in [3.05, 3.63) is 47.4 Å². The lowest BCUT2D eigenvalue weighted by Crippen LogP contribution is -2.01. The van der Waals surface area contributed by atoms with Gasteiger partial charge in [-0.25, -0.2) is 4.79 Å². The van der Waals surface area contributed by atoms with Gasteiger partial charge >= 0.3 is 5.97 Å². The SMILES string of the molecule is COC(=O)c1ccc(CNc2cc(C)ccc2OC)o1. The summed E-state index contributed by atoms with van der Waals surface area (Å²) >= 11 is 0. The van der Waals surface area contributed by atoms with Crippen LogP contribution in [0.1, 0.15) is 21.9 Å². The summed E-state index contributed by atoms with van der Waals surface area (Å²) in [5.74, 6) is 1.12. The van der Waals surface area contributed by atoms with E-state index in [4.69, 9.17) is 9.15 Å². The molecular weight excluding hydrogens is 258 g/mol. The molecule has 1 aromatic heterocycles. The zero-order chi connectivity index (χ0) is 14.5. The van der Waals surface area contributed by atoms with Crippen LogP contribution in [0.25, 0.3) is 0 Å². The first-order valence-corrected chi connectivity index (χ1v) is 6.19. The molecular formula is C15H17NO4. The van der Waals surface area contributed by atoms with E-state index in [-0.39, 0.29) is 5.76 Å². The Morgan fingerprint density at radius 2 is 2.05 bits per heavy atom. The van der Waals surface area contributed by atoms with Crippen molar-refractivity contribution in [2.24, 2.45) is 0 Å². The number of furan rings is 1. The quantitative estimate of drug-likeness (QED) is 0.850. The van der Waals surface area contributed by atoms with Crippen LogP contribution in [-0.2, 0) is 11.3 Å². The van der Waals surface area contributed by atoms with Crippen molar-refractivity contribution in [3.63, 3.8) is 0 Å². The molecule has 2 rings (SSSR count). The van der Waals surface area contributed by atoms with E-state index >= 15 is 0 Å². The van der Waals surface area contributed by atoms with Crippen molar-refractivity contribution in [3.8, 4) is 5.75 Å². The van der Waals surface area contributed by atoms with Gasteiger partial charge < -0.3 is 19.2 Å². The van der Waals surface area contributed by atoms with Crippen LogP contribution in [0.15, 0.2) is 34.7 Å². The Hall–Kier alpha value is -2.43. The van der Waals surface area contributed by atoms with Crippen LogP contribution in [0, 0.1) is 6.92 Å². The monoisotopic (exact) mass is 275 g/mol. The number of nitrogens with one attached hydrogen (secondary N) is 1. The van der Waals surface area contributed by atoms with E-state index in [9.17, 15) is 4.79 Å². The van der Waals surface area contributed by atoms with Crippen LogP contribution in [0.5, 0.6) is 5.75 Å². The molecule has 0 bridgehead atoms. The second kappa shape index (κ2) is 6.14. The fraction of sp³-hybridized carbons (Fsp3) is 0.267. The number of carbonyl (C=O) groups is 1. The third-order valence-corrected chi connectivity index (χ3v) is 2.86. The number of methoxy groups -OCH3 is 2. The summed E-state index contributed by atoms with van der Waals surface area (Å²) in [6.45, 7) is 2.46. The molecule has 5 heteroatoms. The van der Waals surface area contributed by atoms with E-state index in [1.54, 1.807) is 19.2 Å². The highest BCUT2D eigenvalue weighted by molar-refractivity contribution is 5.86. The fourth-order valence-corrected chi connectivity index (χ4v) is 1.83. The molecule has 0 unspecified atom stereocenters. The molecule has 0 saturated carbocycles. The molecule has 0 atom stereocenters. The zero-order valence-corrected chi connectivity index (χ0v) is 11.7. The van der Waals surface area contributed by atoms with E-state index in [0.717, 1.165) is 17.0 Å². The van der Waals surface area contributed by atoms with Gasteiger partial charge in [0, 0.05) is 0 Å². The van der Waals surface area contributed by atoms with E-state index in [1.165, 1.54) is 7.11 Å². The van der Waals surface area contributed by atoms with Gasteiger partial charge in [0.1, 0.15) is 11.5 Å². The van der Waals surface area contributed by atoms with Gasteiger partial charge in [-0.05, 0) is 36.8 Å². The summed E-state index contributed by atoms with van der Waals surface area (Å²) in [5, 5.41) is 3.22.